The first kappa shape index (κ1) is 30.6. The molecule has 1 N–H and O–H groups in total. The van der Waals surface area contributed by atoms with Gasteiger partial charge < -0.3 is 10.2 Å². The van der Waals surface area contributed by atoms with Crippen LogP contribution in [0.25, 0.3) is 0 Å². The van der Waals surface area contributed by atoms with Gasteiger partial charge >= 0.3 is 0 Å². The highest BCUT2D eigenvalue weighted by Crippen LogP contribution is 2.28. The summed E-state index contributed by atoms with van der Waals surface area (Å²) in [5.41, 5.74) is 2.14. The minimum atomic E-state index is -4.13. The van der Waals surface area contributed by atoms with Gasteiger partial charge in [-0.15, -0.1) is 0 Å². The predicted molar refractivity (Wildman–Crippen MR) is 163 cm³/mol. The van der Waals surface area contributed by atoms with E-state index >= 15 is 0 Å². The maximum absolute atomic E-state index is 14.2. The van der Waals surface area contributed by atoms with Crippen molar-refractivity contribution in [2.75, 3.05) is 17.4 Å². The summed E-state index contributed by atoms with van der Waals surface area (Å²) < 4.78 is 29.1. The molecule has 0 aromatic heterocycles. The maximum Gasteiger partial charge on any atom is 0.264 e. The van der Waals surface area contributed by atoms with Gasteiger partial charge in [0.1, 0.15) is 12.6 Å². The molecule has 0 unspecified atom stereocenters. The van der Waals surface area contributed by atoms with Gasteiger partial charge in [0.15, 0.2) is 0 Å². The Balaban J connectivity index is 1.68. The molecule has 41 heavy (non-hydrogen) atoms. The summed E-state index contributed by atoms with van der Waals surface area (Å²) in [6, 6.07) is 22.1. The van der Waals surface area contributed by atoms with Crippen LogP contribution in [0.1, 0.15) is 50.2 Å². The number of anilines is 1. The number of carbonyl (C=O) groups excluding carboxylic acids is 2. The highest BCUT2D eigenvalue weighted by atomic mass is 35.5. The second-order valence-corrected chi connectivity index (χ2v) is 12.8. The lowest BCUT2D eigenvalue weighted by Gasteiger charge is -2.34. The molecule has 1 atom stereocenters. The van der Waals surface area contributed by atoms with Crippen LogP contribution in [-0.4, -0.2) is 50.3 Å². The van der Waals surface area contributed by atoms with Crippen molar-refractivity contribution in [2.45, 2.75) is 69.4 Å². The largest absolute Gasteiger partial charge is 0.352 e. The number of sulfonamides is 1. The number of halogens is 1. The summed E-state index contributed by atoms with van der Waals surface area (Å²) in [6.07, 6.45) is 4.96. The van der Waals surface area contributed by atoms with E-state index in [1.54, 1.807) is 30.0 Å². The SMILES string of the molecule is CC[C@H](C(=O)NC1CCCC1)N(CCc1ccccc1)C(=O)CN(c1ccccc1C)S(=O)(=O)c1ccc(Cl)cc1. The minimum Gasteiger partial charge on any atom is -0.352 e. The van der Waals surface area contributed by atoms with E-state index in [1.807, 2.05) is 43.3 Å². The van der Waals surface area contributed by atoms with Crippen LogP contribution in [0.2, 0.25) is 5.02 Å². The van der Waals surface area contributed by atoms with Crippen molar-refractivity contribution in [1.82, 2.24) is 10.2 Å². The van der Waals surface area contributed by atoms with Gasteiger partial charge in [0, 0.05) is 17.6 Å². The fourth-order valence-electron chi connectivity index (χ4n) is 5.35. The second kappa shape index (κ2) is 14.0. The fraction of sp³-hybridized carbons (Fsp3) is 0.375. The molecule has 218 valence electrons. The number of nitrogens with one attached hydrogen (secondary N) is 1. The second-order valence-electron chi connectivity index (χ2n) is 10.5. The van der Waals surface area contributed by atoms with Crippen molar-refractivity contribution in [2.24, 2.45) is 0 Å². The lowest BCUT2D eigenvalue weighted by Crippen LogP contribution is -2.54. The fourth-order valence-corrected chi connectivity index (χ4v) is 6.96. The van der Waals surface area contributed by atoms with Crippen molar-refractivity contribution in [1.29, 1.82) is 0 Å². The molecule has 1 aliphatic rings. The van der Waals surface area contributed by atoms with E-state index in [9.17, 15) is 18.0 Å². The van der Waals surface area contributed by atoms with E-state index in [1.165, 1.54) is 24.3 Å². The molecule has 1 saturated carbocycles. The van der Waals surface area contributed by atoms with Crippen molar-refractivity contribution < 1.29 is 18.0 Å². The minimum absolute atomic E-state index is 0.0276. The molecule has 1 aliphatic carbocycles. The average molecular weight is 596 g/mol. The zero-order valence-corrected chi connectivity index (χ0v) is 25.2. The molecule has 3 aromatic rings. The third kappa shape index (κ3) is 7.68. The summed E-state index contributed by atoms with van der Waals surface area (Å²) in [4.78, 5) is 29.2. The molecular formula is C32H38ClN3O4S. The number of hydrogen-bond donors (Lipinski definition) is 1. The van der Waals surface area contributed by atoms with Crippen LogP contribution in [0, 0.1) is 6.92 Å². The Morgan fingerprint density at radius 2 is 1.59 bits per heavy atom. The van der Waals surface area contributed by atoms with Gasteiger partial charge in [0.2, 0.25) is 11.8 Å². The summed E-state index contributed by atoms with van der Waals surface area (Å²) in [5.74, 6) is -0.626. The van der Waals surface area contributed by atoms with Crippen LogP contribution in [0.4, 0.5) is 5.69 Å². The molecule has 0 spiro atoms. The molecule has 0 bridgehead atoms. The number of nitrogens with zero attached hydrogens (tertiary/aromatic N) is 2. The van der Waals surface area contributed by atoms with Crippen molar-refractivity contribution in [3.05, 3.63) is 95.0 Å². The smallest absolute Gasteiger partial charge is 0.264 e. The Kier molecular flexibility index (Phi) is 10.5. The van der Waals surface area contributed by atoms with Crippen LogP contribution >= 0.6 is 11.6 Å². The van der Waals surface area contributed by atoms with E-state index in [0.29, 0.717) is 29.1 Å². The number of benzene rings is 3. The van der Waals surface area contributed by atoms with Gasteiger partial charge in [-0.1, -0.05) is 79.9 Å². The van der Waals surface area contributed by atoms with Crippen molar-refractivity contribution >= 4 is 39.1 Å². The van der Waals surface area contributed by atoms with Crippen LogP contribution in [0.15, 0.2) is 83.8 Å². The summed E-state index contributed by atoms with van der Waals surface area (Å²) >= 11 is 6.03. The zero-order valence-electron chi connectivity index (χ0n) is 23.6. The molecule has 0 aliphatic heterocycles. The molecule has 3 aromatic carbocycles. The van der Waals surface area contributed by atoms with Gasteiger partial charge in [-0.2, -0.15) is 0 Å². The third-order valence-corrected chi connectivity index (χ3v) is 9.66. The van der Waals surface area contributed by atoms with E-state index < -0.39 is 28.5 Å². The summed E-state index contributed by atoms with van der Waals surface area (Å²) in [7, 11) is -4.13. The van der Waals surface area contributed by atoms with Crippen molar-refractivity contribution in [3.8, 4) is 0 Å². The van der Waals surface area contributed by atoms with Gasteiger partial charge in [-0.25, -0.2) is 8.42 Å². The van der Waals surface area contributed by atoms with Crippen molar-refractivity contribution in [3.63, 3.8) is 0 Å². The highest BCUT2D eigenvalue weighted by molar-refractivity contribution is 7.92. The topological polar surface area (TPSA) is 86.8 Å². The number of carbonyl (C=O) groups is 2. The maximum atomic E-state index is 14.2. The van der Waals surface area contributed by atoms with Crippen LogP contribution in [0.5, 0.6) is 0 Å². The van der Waals surface area contributed by atoms with E-state index in [0.717, 1.165) is 35.6 Å². The van der Waals surface area contributed by atoms with E-state index in [-0.39, 0.29) is 23.4 Å². The van der Waals surface area contributed by atoms with Gasteiger partial charge in [-0.05, 0) is 74.1 Å². The summed E-state index contributed by atoms with van der Waals surface area (Å²) in [6.45, 7) is 3.52. The molecule has 1 fully saturated rings. The van der Waals surface area contributed by atoms with Crippen LogP contribution < -0.4 is 9.62 Å². The number of para-hydroxylation sites is 1. The van der Waals surface area contributed by atoms with E-state index in [2.05, 4.69) is 5.32 Å². The average Bonchev–Trinajstić information content (AvgIpc) is 3.48. The first-order valence-corrected chi connectivity index (χ1v) is 16.0. The normalized spacial score (nSPS) is 14.4. The standard InChI is InChI=1S/C32H38ClN3O4S/c1-3-29(32(38)34-27-14-8-9-15-27)35(22-21-25-12-5-4-6-13-25)31(37)23-36(30-16-10-7-11-24(30)2)41(39,40)28-19-17-26(33)18-20-28/h4-7,10-13,16-20,27,29H,3,8-9,14-15,21-23H2,1-2H3,(H,34,38)/t29-/m1/s1. The molecule has 7 nitrogen and oxygen atoms in total. The van der Waals surface area contributed by atoms with E-state index in [4.69, 9.17) is 11.6 Å². The van der Waals surface area contributed by atoms with Gasteiger partial charge in [-0.3, -0.25) is 13.9 Å². The molecule has 0 radical (unpaired) electrons. The first-order valence-electron chi connectivity index (χ1n) is 14.2. The molecular weight excluding hydrogens is 558 g/mol. The van der Waals surface area contributed by atoms with Gasteiger partial charge in [0.05, 0.1) is 10.6 Å². The molecule has 2 amide bonds. The number of aryl methyl sites for hydroxylation is 1. The predicted octanol–water partition coefficient (Wildman–Crippen LogP) is 5.75. The molecule has 0 heterocycles. The zero-order chi connectivity index (χ0) is 29.4. The number of rotatable bonds is 12. The highest BCUT2D eigenvalue weighted by Gasteiger charge is 2.34. The Morgan fingerprint density at radius 1 is 0.951 bits per heavy atom. The monoisotopic (exact) mass is 595 g/mol. The number of amides is 2. The lowest BCUT2D eigenvalue weighted by molar-refractivity contribution is -0.139. The lowest BCUT2D eigenvalue weighted by atomic mass is 10.1. The Bertz CT molecular complexity index is 1420. The quantitative estimate of drug-likeness (QED) is 0.289. The van der Waals surface area contributed by atoms with Crippen LogP contribution in [0.3, 0.4) is 0 Å². The molecule has 0 saturated heterocycles. The molecule has 9 heteroatoms. The Labute approximate surface area is 248 Å². The van der Waals surface area contributed by atoms with Gasteiger partial charge in [0.25, 0.3) is 10.0 Å². The third-order valence-electron chi connectivity index (χ3n) is 7.64. The first-order chi connectivity index (χ1) is 19.7. The Morgan fingerprint density at radius 3 is 2.22 bits per heavy atom. The molecule has 4 rings (SSSR count). The van der Waals surface area contributed by atoms with Crippen LogP contribution in [-0.2, 0) is 26.0 Å². The Hall–Kier alpha value is -3.36. The number of hydrogen-bond acceptors (Lipinski definition) is 4. The summed E-state index contributed by atoms with van der Waals surface area (Å²) in [5, 5.41) is 3.55.